The lowest BCUT2D eigenvalue weighted by atomic mass is 9.84. The molecule has 2 N–H and O–H groups in total. The fraction of sp³-hybridized carbons (Fsp3) is 1.00. The maximum Gasteiger partial charge on any atom is 0.0578 e. The van der Waals surface area contributed by atoms with Crippen molar-refractivity contribution in [3.63, 3.8) is 0 Å². The molecule has 1 heterocycles. The van der Waals surface area contributed by atoms with Crippen LogP contribution in [0.4, 0.5) is 0 Å². The number of aliphatic hydroxyl groups is 1. The van der Waals surface area contributed by atoms with Gasteiger partial charge >= 0.3 is 0 Å². The van der Waals surface area contributed by atoms with Crippen molar-refractivity contribution in [1.29, 1.82) is 0 Å². The maximum absolute atomic E-state index is 10.2. The van der Waals surface area contributed by atoms with Crippen LogP contribution in [0.5, 0.6) is 0 Å². The summed E-state index contributed by atoms with van der Waals surface area (Å²) in [6.07, 6.45) is 6.04. The van der Waals surface area contributed by atoms with Crippen LogP contribution in [0.25, 0.3) is 0 Å². The summed E-state index contributed by atoms with van der Waals surface area (Å²) >= 11 is 0. The van der Waals surface area contributed by atoms with Crippen molar-refractivity contribution in [1.82, 2.24) is 10.2 Å². The fourth-order valence-electron chi connectivity index (χ4n) is 3.39. The third-order valence-corrected chi connectivity index (χ3v) is 4.88. The number of likely N-dealkylation sites (tertiary alicyclic amines) is 1. The summed E-state index contributed by atoms with van der Waals surface area (Å²) in [5, 5.41) is 13.9. The van der Waals surface area contributed by atoms with Gasteiger partial charge in [-0.15, -0.1) is 0 Å². The first kappa shape index (κ1) is 15.3. The Balaban J connectivity index is 1.90. The van der Waals surface area contributed by atoms with Gasteiger partial charge in [0, 0.05) is 25.2 Å². The van der Waals surface area contributed by atoms with Crippen LogP contribution in [0.2, 0.25) is 0 Å². The number of rotatable bonds is 6. The Morgan fingerprint density at radius 1 is 1.26 bits per heavy atom. The number of piperidine rings is 1. The highest BCUT2D eigenvalue weighted by molar-refractivity contribution is 4.91. The van der Waals surface area contributed by atoms with Gasteiger partial charge < -0.3 is 10.4 Å². The Bertz CT molecular complexity index is 253. The Kier molecular flexibility index (Phi) is 5.67. The molecule has 1 saturated carbocycles. The van der Waals surface area contributed by atoms with E-state index in [9.17, 15) is 5.11 Å². The second kappa shape index (κ2) is 7.05. The van der Waals surface area contributed by atoms with Gasteiger partial charge in [0.25, 0.3) is 0 Å². The Hall–Kier alpha value is -0.120. The highest BCUT2D eigenvalue weighted by Gasteiger charge is 2.35. The molecule has 0 radical (unpaired) electrons. The van der Waals surface area contributed by atoms with Crippen LogP contribution in [0.15, 0.2) is 0 Å². The standard InChI is InChI=1S/C16H32N2O/c1-4-16(19)13-8-14(17-9-12(2)3)11-18(10-13)15-6-5-7-15/h12-17,19H,4-11H2,1-3H3. The van der Waals surface area contributed by atoms with Crippen molar-refractivity contribution in [2.24, 2.45) is 11.8 Å². The minimum atomic E-state index is -0.119. The van der Waals surface area contributed by atoms with E-state index in [1.54, 1.807) is 0 Å². The van der Waals surface area contributed by atoms with E-state index in [4.69, 9.17) is 0 Å². The lowest BCUT2D eigenvalue weighted by Gasteiger charge is -2.46. The van der Waals surface area contributed by atoms with E-state index >= 15 is 0 Å². The second-order valence-corrected chi connectivity index (χ2v) is 7.01. The summed E-state index contributed by atoms with van der Waals surface area (Å²) in [5.41, 5.74) is 0. The third-order valence-electron chi connectivity index (χ3n) is 4.88. The summed E-state index contributed by atoms with van der Waals surface area (Å²) < 4.78 is 0. The molecule has 0 aromatic rings. The molecular formula is C16H32N2O. The van der Waals surface area contributed by atoms with Gasteiger partial charge in [-0.1, -0.05) is 27.2 Å². The minimum absolute atomic E-state index is 0.119. The van der Waals surface area contributed by atoms with E-state index in [-0.39, 0.29) is 6.10 Å². The van der Waals surface area contributed by atoms with E-state index in [1.165, 1.54) is 25.8 Å². The molecule has 3 unspecified atom stereocenters. The van der Waals surface area contributed by atoms with Crippen molar-refractivity contribution in [2.45, 2.75) is 71.1 Å². The molecule has 0 spiro atoms. The molecule has 3 nitrogen and oxygen atoms in total. The molecule has 3 atom stereocenters. The first-order valence-electron chi connectivity index (χ1n) is 8.25. The second-order valence-electron chi connectivity index (χ2n) is 7.01. The van der Waals surface area contributed by atoms with Crippen LogP contribution < -0.4 is 5.32 Å². The Morgan fingerprint density at radius 2 is 2.00 bits per heavy atom. The zero-order valence-corrected chi connectivity index (χ0v) is 12.9. The molecule has 1 saturated heterocycles. The Labute approximate surface area is 118 Å². The maximum atomic E-state index is 10.2. The highest BCUT2D eigenvalue weighted by Crippen LogP contribution is 2.30. The molecular weight excluding hydrogens is 236 g/mol. The van der Waals surface area contributed by atoms with Gasteiger partial charge in [-0.25, -0.2) is 0 Å². The molecule has 1 aliphatic carbocycles. The monoisotopic (exact) mass is 268 g/mol. The van der Waals surface area contributed by atoms with Gasteiger partial charge in [0.15, 0.2) is 0 Å². The van der Waals surface area contributed by atoms with Gasteiger partial charge in [0.2, 0.25) is 0 Å². The molecule has 0 amide bonds. The van der Waals surface area contributed by atoms with Crippen molar-refractivity contribution in [3.05, 3.63) is 0 Å². The summed E-state index contributed by atoms with van der Waals surface area (Å²) in [5.74, 6) is 1.16. The summed E-state index contributed by atoms with van der Waals surface area (Å²) in [4.78, 5) is 2.65. The van der Waals surface area contributed by atoms with Gasteiger partial charge in [-0.3, -0.25) is 4.90 Å². The lowest BCUT2D eigenvalue weighted by Crippen LogP contribution is -2.56. The summed E-state index contributed by atoms with van der Waals surface area (Å²) in [6.45, 7) is 10.0. The van der Waals surface area contributed by atoms with Crippen LogP contribution in [0.3, 0.4) is 0 Å². The van der Waals surface area contributed by atoms with Gasteiger partial charge in [-0.2, -0.15) is 0 Å². The predicted octanol–water partition coefficient (Wildman–Crippen LogP) is 2.25. The normalized spacial score (nSPS) is 31.4. The molecule has 112 valence electrons. The van der Waals surface area contributed by atoms with Crippen LogP contribution in [0, 0.1) is 11.8 Å². The molecule has 2 fully saturated rings. The molecule has 0 aromatic heterocycles. The van der Waals surface area contributed by atoms with E-state index in [0.717, 1.165) is 32.0 Å². The first-order valence-corrected chi connectivity index (χ1v) is 8.25. The average molecular weight is 268 g/mol. The van der Waals surface area contributed by atoms with Crippen LogP contribution in [-0.4, -0.2) is 47.8 Å². The lowest BCUT2D eigenvalue weighted by molar-refractivity contribution is 0.00243. The number of nitrogens with one attached hydrogen (secondary N) is 1. The minimum Gasteiger partial charge on any atom is -0.393 e. The first-order chi connectivity index (χ1) is 9.10. The van der Waals surface area contributed by atoms with E-state index < -0.39 is 0 Å². The Morgan fingerprint density at radius 3 is 2.53 bits per heavy atom. The zero-order valence-electron chi connectivity index (χ0n) is 12.9. The highest BCUT2D eigenvalue weighted by atomic mass is 16.3. The molecule has 3 heteroatoms. The molecule has 2 rings (SSSR count). The molecule has 2 aliphatic rings. The smallest absolute Gasteiger partial charge is 0.0578 e. The summed E-state index contributed by atoms with van der Waals surface area (Å²) in [7, 11) is 0. The summed E-state index contributed by atoms with van der Waals surface area (Å²) in [6, 6.07) is 1.37. The van der Waals surface area contributed by atoms with E-state index in [0.29, 0.717) is 17.9 Å². The van der Waals surface area contributed by atoms with Gasteiger partial charge in [-0.05, 0) is 44.1 Å². The molecule has 19 heavy (non-hydrogen) atoms. The van der Waals surface area contributed by atoms with Crippen molar-refractivity contribution in [2.75, 3.05) is 19.6 Å². The fourth-order valence-corrected chi connectivity index (χ4v) is 3.39. The number of aliphatic hydroxyl groups excluding tert-OH is 1. The SMILES string of the molecule is CCC(O)C1CC(NCC(C)C)CN(C2CCC2)C1. The van der Waals surface area contributed by atoms with Crippen LogP contribution in [0.1, 0.15) is 52.9 Å². The molecule has 1 aliphatic heterocycles. The molecule has 0 aromatic carbocycles. The quantitative estimate of drug-likeness (QED) is 0.775. The van der Waals surface area contributed by atoms with Gasteiger partial charge in [0.1, 0.15) is 0 Å². The average Bonchev–Trinajstić information content (AvgIpc) is 2.33. The third kappa shape index (κ3) is 4.17. The van der Waals surface area contributed by atoms with Crippen molar-refractivity contribution in [3.8, 4) is 0 Å². The largest absolute Gasteiger partial charge is 0.393 e. The number of hydrogen-bond acceptors (Lipinski definition) is 3. The van der Waals surface area contributed by atoms with Crippen molar-refractivity contribution < 1.29 is 5.11 Å². The van der Waals surface area contributed by atoms with E-state index in [2.05, 4.69) is 31.0 Å². The molecule has 0 bridgehead atoms. The van der Waals surface area contributed by atoms with Gasteiger partial charge in [0.05, 0.1) is 6.10 Å². The zero-order chi connectivity index (χ0) is 13.8. The van der Waals surface area contributed by atoms with Crippen LogP contribution >= 0.6 is 0 Å². The predicted molar refractivity (Wildman–Crippen MR) is 80.2 cm³/mol. The van der Waals surface area contributed by atoms with E-state index in [1.807, 2.05) is 0 Å². The topological polar surface area (TPSA) is 35.5 Å². The number of nitrogens with zero attached hydrogens (tertiary/aromatic N) is 1. The van der Waals surface area contributed by atoms with Crippen LogP contribution in [-0.2, 0) is 0 Å². The van der Waals surface area contributed by atoms with Crippen molar-refractivity contribution >= 4 is 0 Å². The number of hydrogen-bond donors (Lipinski definition) is 2.